The predicted molar refractivity (Wildman–Crippen MR) is 55.1 cm³/mol. The number of carbonyl (C=O) groups is 2. The second-order valence-electron chi connectivity index (χ2n) is 3.92. The highest BCUT2D eigenvalue weighted by Crippen LogP contribution is 2.15. The summed E-state index contributed by atoms with van der Waals surface area (Å²) in [7, 11) is 0. The minimum Gasteiger partial charge on any atom is -0.396 e. The highest BCUT2D eigenvalue weighted by molar-refractivity contribution is 5.83. The van der Waals surface area contributed by atoms with Gasteiger partial charge in [0, 0.05) is 26.6 Å². The Hall–Kier alpha value is -1.10. The molecule has 0 radical (unpaired) electrons. The number of hydrogen-bond donors (Lipinski definition) is 2. The summed E-state index contributed by atoms with van der Waals surface area (Å²) in [5.74, 6) is 0.102. The van der Waals surface area contributed by atoms with Crippen molar-refractivity contribution < 1.29 is 14.7 Å². The molecule has 5 heteroatoms. The molecule has 2 amide bonds. The van der Waals surface area contributed by atoms with E-state index in [0.29, 0.717) is 19.0 Å². The van der Waals surface area contributed by atoms with Crippen LogP contribution in [0.2, 0.25) is 0 Å². The van der Waals surface area contributed by atoms with Crippen LogP contribution in [0.4, 0.5) is 0 Å². The van der Waals surface area contributed by atoms with E-state index in [1.54, 1.807) is 4.90 Å². The van der Waals surface area contributed by atoms with Gasteiger partial charge in [-0.15, -0.1) is 0 Å². The first-order valence-corrected chi connectivity index (χ1v) is 5.26. The molecule has 0 aromatic heterocycles. The molecule has 0 bridgehead atoms. The van der Waals surface area contributed by atoms with Gasteiger partial charge in [-0.3, -0.25) is 9.59 Å². The number of nitrogens with one attached hydrogen (secondary N) is 1. The van der Waals surface area contributed by atoms with Gasteiger partial charge in [0.2, 0.25) is 11.8 Å². The minimum absolute atomic E-state index is 0.0402. The Balaban J connectivity index is 2.27. The quantitative estimate of drug-likeness (QED) is 0.656. The van der Waals surface area contributed by atoms with E-state index in [1.807, 2.05) is 0 Å². The summed E-state index contributed by atoms with van der Waals surface area (Å²) < 4.78 is 0. The number of amides is 2. The lowest BCUT2D eigenvalue weighted by Gasteiger charge is -2.31. The van der Waals surface area contributed by atoms with Gasteiger partial charge in [-0.05, 0) is 18.8 Å². The minimum atomic E-state index is -0.186. The van der Waals surface area contributed by atoms with E-state index in [1.165, 1.54) is 6.92 Å². The standard InChI is InChI=1S/C10H18N2O3/c1-8(14)11-6-10(15)12-4-2-9(7-13)3-5-12/h9,13H,2-7H2,1H3,(H,11,14). The second-order valence-corrected chi connectivity index (χ2v) is 3.92. The molecule has 0 saturated carbocycles. The van der Waals surface area contributed by atoms with Crippen LogP contribution in [0.3, 0.4) is 0 Å². The first-order valence-electron chi connectivity index (χ1n) is 5.26. The molecule has 86 valence electrons. The van der Waals surface area contributed by atoms with Crippen molar-refractivity contribution in [3.05, 3.63) is 0 Å². The Bertz CT molecular complexity index is 235. The van der Waals surface area contributed by atoms with E-state index < -0.39 is 0 Å². The molecular weight excluding hydrogens is 196 g/mol. The Morgan fingerprint density at radius 3 is 2.47 bits per heavy atom. The highest BCUT2D eigenvalue weighted by atomic mass is 16.3. The lowest BCUT2D eigenvalue weighted by atomic mass is 9.98. The van der Waals surface area contributed by atoms with E-state index in [4.69, 9.17) is 5.11 Å². The van der Waals surface area contributed by atoms with Crippen molar-refractivity contribution in [1.82, 2.24) is 10.2 Å². The third-order valence-corrected chi connectivity index (χ3v) is 2.71. The molecule has 15 heavy (non-hydrogen) atoms. The van der Waals surface area contributed by atoms with Crippen molar-refractivity contribution >= 4 is 11.8 Å². The molecule has 1 fully saturated rings. The van der Waals surface area contributed by atoms with Gasteiger partial charge in [-0.2, -0.15) is 0 Å². The SMILES string of the molecule is CC(=O)NCC(=O)N1CCC(CO)CC1. The van der Waals surface area contributed by atoms with Crippen LogP contribution in [-0.2, 0) is 9.59 Å². The fraction of sp³-hybridized carbons (Fsp3) is 0.800. The monoisotopic (exact) mass is 214 g/mol. The maximum atomic E-state index is 11.5. The lowest BCUT2D eigenvalue weighted by molar-refractivity contribution is -0.133. The number of nitrogens with zero attached hydrogens (tertiary/aromatic N) is 1. The number of piperidine rings is 1. The second kappa shape index (κ2) is 5.70. The number of carbonyl (C=O) groups excluding carboxylic acids is 2. The van der Waals surface area contributed by atoms with Gasteiger partial charge in [0.05, 0.1) is 6.54 Å². The van der Waals surface area contributed by atoms with Crippen LogP contribution in [-0.4, -0.2) is 48.1 Å². The van der Waals surface area contributed by atoms with E-state index in [2.05, 4.69) is 5.32 Å². The maximum absolute atomic E-state index is 11.5. The molecule has 1 aliphatic heterocycles. The van der Waals surface area contributed by atoms with Crippen LogP contribution in [0.5, 0.6) is 0 Å². The average Bonchev–Trinajstić information content (AvgIpc) is 2.26. The Kier molecular flexibility index (Phi) is 4.55. The Morgan fingerprint density at radius 1 is 1.40 bits per heavy atom. The van der Waals surface area contributed by atoms with Crippen molar-refractivity contribution in [2.45, 2.75) is 19.8 Å². The highest BCUT2D eigenvalue weighted by Gasteiger charge is 2.21. The van der Waals surface area contributed by atoms with Crippen LogP contribution in [0, 0.1) is 5.92 Å². The van der Waals surface area contributed by atoms with E-state index >= 15 is 0 Å². The number of likely N-dealkylation sites (tertiary alicyclic amines) is 1. The average molecular weight is 214 g/mol. The van der Waals surface area contributed by atoms with Crippen molar-refractivity contribution in [2.75, 3.05) is 26.2 Å². The summed E-state index contributed by atoms with van der Waals surface area (Å²) in [4.78, 5) is 23.9. The van der Waals surface area contributed by atoms with E-state index in [9.17, 15) is 9.59 Å². The summed E-state index contributed by atoms with van der Waals surface area (Å²) in [5.41, 5.74) is 0. The summed E-state index contributed by atoms with van der Waals surface area (Å²) in [6, 6.07) is 0. The van der Waals surface area contributed by atoms with Gasteiger partial charge in [0.1, 0.15) is 0 Å². The Labute approximate surface area is 89.4 Å². The summed E-state index contributed by atoms with van der Waals surface area (Å²) in [6.45, 7) is 3.05. The lowest BCUT2D eigenvalue weighted by Crippen LogP contribution is -2.44. The van der Waals surface area contributed by atoms with Gasteiger partial charge >= 0.3 is 0 Å². The summed E-state index contributed by atoms with van der Waals surface area (Å²) >= 11 is 0. The van der Waals surface area contributed by atoms with Crippen molar-refractivity contribution in [3.63, 3.8) is 0 Å². The smallest absolute Gasteiger partial charge is 0.241 e. The van der Waals surface area contributed by atoms with Gasteiger partial charge in [-0.1, -0.05) is 0 Å². The molecule has 0 unspecified atom stereocenters. The Morgan fingerprint density at radius 2 is 2.00 bits per heavy atom. The normalized spacial score (nSPS) is 17.6. The van der Waals surface area contributed by atoms with Crippen LogP contribution >= 0.6 is 0 Å². The molecule has 1 heterocycles. The van der Waals surface area contributed by atoms with Crippen molar-refractivity contribution in [3.8, 4) is 0 Å². The van der Waals surface area contributed by atoms with Crippen LogP contribution < -0.4 is 5.32 Å². The van der Waals surface area contributed by atoms with E-state index in [0.717, 1.165) is 12.8 Å². The van der Waals surface area contributed by atoms with Crippen LogP contribution in [0.15, 0.2) is 0 Å². The molecule has 0 aliphatic carbocycles. The number of aliphatic hydroxyl groups excluding tert-OH is 1. The van der Waals surface area contributed by atoms with Crippen molar-refractivity contribution in [1.29, 1.82) is 0 Å². The molecule has 5 nitrogen and oxygen atoms in total. The van der Waals surface area contributed by atoms with Gasteiger partial charge < -0.3 is 15.3 Å². The molecular formula is C10H18N2O3. The van der Waals surface area contributed by atoms with Gasteiger partial charge in [-0.25, -0.2) is 0 Å². The molecule has 1 rings (SSSR count). The largest absolute Gasteiger partial charge is 0.396 e. The number of hydrogen-bond acceptors (Lipinski definition) is 3. The zero-order chi connectivity index (χ0) is 11.3. The molecule has 0 aromatic carbocycles. The molecule has 2 N–H and O–H groups in total. The zero-order valence-corrected chi connectivity index (χ0v) is 9.03. The molecule has 0 aromatic rings. The van der Waals surface area contributed by atoms with Crippen LogP contribution in [0.1, 0.15) is 19.8 Å². The van der Waals surface area contributed by atoms with Gasteiger partial charge in [0.25, 0.3) is 0 Å². The summed E-state index contributed by atoms with van der Waals surface area (Å²) in [5, 5.41) is 11.4. The fourth-order valence-corrected chi connectivity index (χ4v) is 1.68. The fourth-order valence-electron chi connectivity index (χ4n) is 1.68. The first kappa shape index (κ1) is 12.0. The van der Waals surface area contributed by atoms with Crippen molar-refractivity contribution in [2.24, 2.45) is 5.92 Å². The molecule has 0 atom stereocenters. The van der Waals surface area contributed by atoms with Crippen LogP contribution in [0.25, 0.3) is 0 Å². The first-order chi connectivity index (χ1) is 7.13. The molecule has 1 saturated heterocycles. The predicted octanol–water partition coefficient (Wildman–Crippen LogP) is -0.647. The molecule has 0 spiro atoms. The number of rotatable bonds is 3. The summed E-state index contributed by atoms with van der Waals surface area (Å²) in [6.07, 6.45) is 1.70. The third-order valence-electron chi connectivity index (χ3n) is 2.71. The van der Waals surface area contributed by atoms with E-state index in [-0.39, 0.29) is 25.0 Å². The third kappa shape index (κ3) is 3.87. The molecule has 1 aliphatic rings. The number of aliphatic hydroxyl groups is 1. The van der Waals surface area contributed by atoms with Gasteiger partial charge in [0.15, 0.2) is 0 Å². The topological polar surface area (TPSA) is 69.6 Å². The maximum Gasteiger partial charge on any atom is 0.241 e. The zero-order valence-electron chi connectivity index (χ0n) is 9.03.